The molecule has 1 aromatic heterocycles. The minimum absolute atomic E-state index is 0.142. The fraction of sp³-hybridized carbons (Fsp3) is 0.250. The zero-order chi connectivity index (χ0) is 18.8. The molecular formula is C20H19ClN2O3S. The largest absolute Gasteiger partial charge is 0.486 e. The highest BCUT2D eigenvalue weighted by molar-refractivity contribution is 7.17. The van der Waals surface area contributed by atoms with Crippen molar-refractivity contribution in [3.05, 3.63) is 57.9 Å². The lowest BCUT2D eigenvalue weighted by molar-refractivity contribution is 0.171. The van der Waals surface area contributed by atoms with Crippen molar-refractivity contribution in [2.75, 3.05) is 20.3 Å². The average Bonchev–Trinajstić information content (AvgIpc) is 3.09. The molecule has 0 bridgehead atoms. The molecule has 1 aliphatic heterocycles. The van der Waals surface area contributed by atoms with Gasteiger partial charge in [-0.3, -0.25) is 0 Å². The number of fused-ring (bicyclic) bond motifs is 2. The summed E-state index contributed by atoms with van der Waals surface area (Å²) in [6.45, 7) is 1.91. The van der Waals surface area contributed by atoms with E-state index in [1.54, 1.807) is 29.4 Å². The fourth-order valence-electron chi connectivity index (χ4n) is 3.06. The van der Waals surface area contributed by atoms with E-state index in [0.717, 1.165) is 11.1 Å². The first-order chi connectivity index (χ1) is 13.1. The highest BCUT2D eigenvalue weighted by Crippen LogP contribution is 2.38. The number of benzene rings is 2. The maximum Gasteiger partial charge on any atom is 0.317 e. The molecule has 1 N–H and O–H groups in total. The summed E-state index contributed by atoms with van der Waals surface area (Å²) < 4.78 is 12.3. The molecule has 1 aliphatic rings. The van der Waals surface area contributed by atoms with Crippen molar-refractivity contribution in [1.82, 2.24) is 10.2 Å². The second-order valence-corrected chi connectivity index (χ2v) is 7.69. The zero-order valence-electron chi connectivity index (χ0n) is 14.8. The number of amides is 2. The summed E-state index contributed by atoms with van der Waals surface area (Å²) >= 11 is 7.94. The number of carbonyl (C=O) groups is 1. The maximum absolute atomic E-state index is 12.5. The molecule has 0 radical (unpaired) electrons. The lowest BCUT2D eigenvalue weighted by Gasteiger charge is -2.21. The SMILES string of the molecule is CN(Cc1csc2ccccc12)C(=O)NCc1cc(Cl)c2c(c1)OCCO2. The molecule has 0 atom stereocenters. The summed E-state index contributed by atoms with van der Waals surface area (Å²) in [6, 6.07) is 11.7. The quantitative estimate of drug-likeness (QED) is 0.690. The maximum atomic E-state index is 12.5. The monoisotopic (exact) mass is 402 g/mol. The van der Waals surface area contributed by atoms with Gasteiger partial charge in [0.15, 0.2) is 11.5 Å². The summed E-state index contributed by atoms with van der Waals surface area (Å²) in [5.74, 6) is 1.19. The second-order valence-electron chi connectivity index (χ2n) is 6.37. The van der Waals surface area contributed by atoms with Crippen molar-refractivity contribution in [3.63, 3.8) is 0 Å². The van der Waals surface area contributed by atoms with Crippen LogP contribution in [-0.2, 0) is 13.1 Å². The number of thiophene rings is 1. The number of halogens is 1. The molecule has 5 nitrogen and oxygen atoms in total. The van der Waals surface area contributed by atoms with Crippen molar-refractivity contribution < 1.29 is 14.3 Å². The van der Waals surface area contributed by atoms with Gasteiger partial charge in [0.1, 0.15) is 13.2 Å². The Morgan fingerprint density at radius 1 is 1.26 bits per heavy atom. The Hall–Kier alpha value is -2.44. The van der Waals surface area contributed by atoms with Crippen molar-refractivity contribution in [3.8, 4) is 11.5 Å². The first-order valence-corrected chi connectivity index (χ1v) is 9.89. The van der Waals surface area contributed by atoms with Crippen LogP contribution in [0.3, 0.4) is 0 Å². The molecule has 0 spiro atoms. The van der Waals surface area contributed by atoms with Gasteiger partial charge in [0.05, 0.1) is 5.02 Å². The molecule has 2 heterocycles. The average molecular weight is 403 g/mol. The lowest BCUT2D eigenvalue weighted by Crippen LogP contribution is -2.36. The summed E-state index contributed by atoms with van der Waals surface area (Å²) in [5, 5.41) is 6.72. The van der Waals surface area contributed by atoms with Crippen LogP contribution in [0.15, 0.2) is 41.8 Å². The van der Waals surface area contributed by atoms with Crippen LogP contribution in [0, 0.1) is 0 Å². The van der Waals surface area contributed by atoms with Crippen molar-refractivity contribution >= 4 is 39.1 Å². The van der Waals surface area contributed by atoms with Crippen LogP contribution < -0.4 is 14.8 Å². The van der Waals surface area contributed by atoms with E-state index in [-0.39, 0.29) is 6.03 Å². The van der Waals surface area contributed by atoms with E-state index in [9.17, 15) is 4.79 Å². The Morgan fingerprint density at radius 3 is 2.96 bits per heavy atom. The number of rotatable bonds is 4. The van der Waals surface area contributed by atoms with E-state index in [1.165, 1.54) is 10.1 Å². The summed E-state index contributed by atoms with van der Waals surface area (Å²) in [6.07, 6.45) is 0. The number of carbonyl (C=O) groups excluding carboxylic acids is 1. The number of hydrogen-bond acceptors (Lipinski definition) is 4. The third-order valence-corrected chi connectivity index (χ3v) is 5.71. The van der Waals surface area contributed by atoms with Crippen LogP contribution >= 0.6 is 22.9 Å². The summed E-state index contributed by atoms with van der Waals surface area (Å²) in [5.41, 5.74) is 2.02. The molecule has 4 rings (SSSR count). The Labute approximate surface area is 166 Å². The first-order valence-electron chi connectivity index (χ1n) is 8.64. The third-order valence-electron chi connectivity index (χ3n) is 4.42. The van der Waals surface area contributed by atoms with Crippen molar-refractivity contribution in [2.24, 2.45) is 0 Å². The van der Waals surface area contributed by atoms with Gasteiger partial charge in [0, 0.05) is 24.8 Å². The molecule has 0 aliphatic carbocycles. The molecule has 0 saturated carbocycles. The van der Waals surface area contributed by atoms with E-state index < -0.39 is 0 Å². The van der Waals surface area contributed by atoms with E-state index >= 15 is 0 Å². The fourth-order valence-corrected chi connectivity index (χ4v) is 4.30. The number of nitrogens with zero attached hydrogens (tertiary/aromatic N) is 1. The molecule has 0 saturated heterocycles. The second kappa shape index (κ2) is 7.66. The van der Waals surface area contributed by atoms with E-state index in [2.05, 4.69) is 22.8 Å². The first kappa shape index (κ1) is 17.9. The summed E-state index contributed by atoms with van der Waals surface area (Å²) in [4.78, 5) is 14.2. The van der Waals surface area contributed by atoms with Gasteiger partial charge in [-0.05, 0) is 40.1 Å². The molecule has 2 amide bonds. The number of urea groups is 1. The highest BCUT2D eigenvalue weighted by Gasteiger charge is 2.17. The smallest absolute Gasteiger partial charge is 0.317 e. The molecule has 3 aromatic rings. The minimum atomic E-state index is -0.142. The van der Waals surface area contributed by atoms with Crippen LogP contribution in [0.25, 0.3) is 10.1 Å². The molecule has 7 heteroatoms. The highest BCUT2D eigenvalue weighted by atomic mass is 35.5. The van der Waals surface area contributed by atoms with Gasteiger partial charge in [-0.25, -0.2) is 4.79 Å². The normalized spacial score (nSPS) is 12.8. The van der Waals surface area contributed by atoms with E-state index in [1.807, 2.05) is 18.2 Å². The van der Waals surface area contributed by atoms with Crippen molar-refractivity contribution in [1.29, 1.82) is 0 Å². The van der Waals surface area contributed by atoms with Crippen LogP contribution in [0.4, 0.5) is 4.79 Å². The third kappa shape index (κ3) is 3.82. The number of ether oxygens (including phenoxy) is 2. The molecule has 140 valence electrons. The molecule has 2 aromatic carbocycles. The van der Waals surface area contributed by atoms with Gasteiger partial charge in [-0.1, -0.05) is 29.8 Å². The Morgan fingerprint density at radius 2 is 2.07 bits per heavy atom. The summed E-state index contributed by atoms with van der Waals surface area (Å²) in [7, 11) is 1.79. The van der Waals surface area contributed by atoms with Crippen LogP contribution in [0.2, 0.25) is 5.02 Å². The topological polar surface area (TPSA) is 50.8 Å². The molecule has 27 heavy (non-hydrogen) atoms. The van der Waals surface area contributed by atoms with Gasteiger partial charge in [-0.2, -0.15) is 0 Å². The zero-order valence-corrected chi connectivity index (χ0v) is 16.4. The van der Waals surface area contributed by atoms with E-state index in [0.29, 0.717) is 42.8 Å². The van der Waals surface area contributed by atoms with Crippen LogP contribution in [0.1, 0.15) is 11.1 Å². The van der Waals surface area contributed by atoms with E-state index in [4.69, 9.17) is 21.1 Å². The minimum Gasteiger partial charge on any atom is -0.486 e. The predicted octanol–water partition coefficient (Wildman–Crippen LogP) is 4.67. The predicted molar refractivity (Wildman–Crippen MR) is 108 cm³/mol. The van der Waals surface area contributed by atoms with Gasteiger partial charge in [0.25, 0.3) is 0 Å². The molecule has 0 fully saturated rings. The number of hydrogen-bond donors (Lipinski definition) is 1. The van der Waals surface area contributed by atoms with Crippen molar-refractivity contribution in [2.45, 2.75) is 13.1 Å². The van der Waals surface area contributed by atoms with Gasteiger partial charge in [0.2, 0.25) is 0 Å². The Kier molecular flexibility index (Phi) is 5.09. The van der Waals surface area contributed by atoms with Gasteiger partial charge >= 0.3 is 6.03 Å². The molecule has 0 unspecified atom stereocenters. The Balaban J connectivity index is 1.40. The standard InChI is InChI=1S/C20H19ClN2O3S/c1-23(11-14-12-27-18-5-3-2-4-15(14)18)20(24)22-10-13-8-16(21)19-17(9-13)25-6-7-26-19/h2-5,8-9,12H,6-7,10-11H2,1H3,(H,22,24). The number of nitrogens with one attached hydrogen (secondary N) is 1. The lowest BCUT2D eigenvalue weighted by atomic mass is 10.1. The van der Waals surface area contributed by atoms with Crippen LogP contribution in [-0.4, -0.2) is 31.2 Å². The van der Waals surface area contributed by atoms with Gasteiger partial charge in [-0.15, -0.1) is 11.3 Å². The molecular weight excluding hydrogens is 384 g/mol. The van der Waals surface area contributed by atoms with Gasteiger partial charge < -0.3 is 19.7 Å². The van der Waals surface area contributed by atoms with Crippen LogP contribution in [0.5, 0.6) is 11.5 Å². The Bertz CT molecular complexity index is 989.